The van der Waals surface area contributed by atoms with Crippen molar-refractivity contribution in [3.63, 3.8) is 0 Å². The van der Waals surface area contributed by atoms with Gasteiger partial charge >= 0.3 is 12.0 Å². The van der Waals surface area contributed by atoms with E-state index in [1.165, 1.54) is 39.7 Å². The van der Waals surface area contributed by atoms with E-state index in [9.17, 15) is 24.3 Å². The quantitative estimate of drug-likeness (QED) is 0.0694. The average molecular weight is 768 g/mol. The Bertz CT molecular complexity index is 1840. The summed E-state index contributed by atoms with van der Waals surface area (Å²) in [7, 11) is 6.06. The molecule has 2 aliphatic rings. The van der Waals surface area contributed by atoms with Crippen LogP contribution in [-0.2, 0) is 31.8 Å². The Morgan fingerprint density at radius 2 is 1.75 bits per heavy atom. The summed E-state index contributed by atoms with van der Waals surface area (Å²) < 4.78 is 34.4. The zero-order valence-electron chi connectivity index (χ0n) is 31.8. The second-order valence-electron chi connectivity index (χ2n) is 12.8. The lowest BCUT2D eigenvalue weighted by atomic mass is 9.89. The number of hydrogen-bond acceptors (Lipinski definition) is 15. The first-order valence-corrected chi connectivity index (χ1v) is 18.0. The molecule has 0 bridgehead atoms. The normalized spacial score (nSPS) is 14.3. The molecule has 1 aromatic heterocycles. The molecule has 0 atom stereocenters. The number of methoxy groups -OCH3 is 3. The number of hydrogen-bond donors (Lipinski definition) is 3. The van der Waals surface area contributed by atoms with Crippen LogP contribution < -0.4 is 25.2 Å². The number of phenolic OH excluding ortho intramolecular Hbond substituents is 1. The first-order valence-electron chi connectivity index (χ1n) is 18.0. The minimum absolute atomic E-state index is 0.0462. The number of nitrogens with one attached hydrogen (secondary N) is 2. The van der Waals surface area contributed by atoms with Crippen molar-refractivity contribution in [3.8, 4) is 23.0 Å². The molecule has 0 spiro atoms. The van der Waals surface area contributed by atoms with Gasteiger partial charge in [0.2, 0.25) is 5.91 Å². The molecule has 2 amide bonds. The van der Waals surface area contributed by atoms with E-state index in [2.05, 4.69) is 20.8 Å². The van der Waals surface area contributed by atoms with Crippen LogP contribution >= 0.6 is 0 Å². The summed E-state index contributed by atoms with van der Waals surface area (Å²) in [6.07, 6.45) is 1.62. The second-order valence-corrected chi connectivity index (χ2v) is 12.8. The number of aromatic nitrogens is 2. The first kappa shape index (κ1) is 40.9. The highest BCUT2D eigenvalue weighted by molar-refractivity contribution is 6.13. The van der Waals surface area contributed by atoms with Crippen LogP contribution in [0.4, 0.5) is 10.6 Å². The van der Waals surface area contributed by atoms with Crippen LogP contribution in [-0.4, -0.2) is 147 Å². The summed E-state index contributed by atoms with van der Waals surface area (Å²) in [4.78, 5) is 62.5. The Labute approximate surface area is 319 Å². The zero-order valence-corrected chi connectivity index (χ0v) is 31.8. The number of amides is 2. The molecule has 18 heteroatoms. The second kappa shape index (κ2) is 19.4. The van der Waals surface area contributed by atoms with Gasteiger partial charge in [0.15, 0.2) is 28.8 Å². The van der Waals surface area contributed by atoms with Gasteiger partial charge < -0.3 is 38.4 Å². The molecule has 3 aromatic rings. The predicted molar refractivity (Wildman–Crippen MR) is 198 cm³/mol. The van der Waals surface area contributed by atoms with E-state index in [-0.39, 0.29) is 65.9 Å². The summed E-state index contributed by atoms with van der Waals surface area (Å²) in [6.45, 7) is 7.15. The van der Waals surface area contributed by atoms with E-state index in [1.54, 1.807) is 31.1 Å². The van der Waals surface area contributed by atoms with Crippen LogP contribution in [0.15, 0.2) is 30.6 Å². The van der Waals surface area contributed by atoms with E-state index < -0.39 is 23.5 Å². The fourth-order valence-electron chi connectivity index (χ4n) is 6.33. The first-order chi connectivity index (χ1) is 26.6. The molecule has 0 radical (unpaired) electrons. The molecule has 0 saturated carbocycles. The van der Waals surface area contributed by atoms with Crippen molar-refractivity contribution in [1.82, 2.24) is 29.9 Å². The topological polar surface area (TPSA) is 195 Å². The smallest absolute Gasteiger partial charge is 0.366 e. The number of phenols is 1. The summed E-state index contributed by atoms with van der Waals surface area (Å²) in [5.41, 5.74) is 5.70. The lowest BCUT2D eigenvalue weighted by Crippen LogP contribution is -2.50. The molecule has 5 rings (SSSR count). The number of fused-ring (bicyclic) bond motifs is 1. The van der Waals surface area contributed by atoms with Gasteiger partial charge in [-0.15, -0.1) is 5.53 Å². The molecular formula is C37H49N7O11. The van der Waals surface area contributed by atoms with Gasteiger partial charge in [-0.05, 0) is 42.2 Å². The maximum absolute atomic E-state index is 14.4. The number of benzene rings is 2. The summed E-state index contributed by atoms with van der Waals surface area (Å²) >= 11 is 0. The summed E-state index contributed by atoms with van der Waals surface area (Å²) in [5.74, 6) is -1.67. The molecule has 2 aromatic carbocycles. The van der Waals surface area contributed by atoms with Crippen LogP contribution in [0, 0.1) is 0 Å². The number of anilines is 1. The van der Waals surface area contributed by atoms with Crippen molar-refractivity contribution >= 4 is 29.5 Å². The molecule has 298 valence electrons. The van der Waals surface area contributed by atoms with Crippen molar-refractivity contribution in [1.29, 1.82) is 0 Å². The number of ether oxygens (including phenoxy) is 6. The molecule has 2 aliphatic heterocycles. The van der Waals surface area contributed by atoms with Crippen molar-refractivity contribution < 1.29 is 52.7 Å². The molecule has 1 fully saturated rings. The van der Waals surface area contributed by atoms with Gasteiger partial charge in [-0.2, -0.15) is 0 Å². The maximum Gasteiger partial charge on any atom is 0.366 e. The van der Waals surface area contributed by atoms with Crippen molar-refractivity contribution in [2.75, 3.05) is 99.6 Å². The number of nitrogens with zero attached hydrogens (tertiary/aromatic N) is 5. The molecule has 3 heterocycles. The average Bonchev–Trinajstić information content (AvgIpc) is 3.63. The molecule has 55 heavy (non-hydrogen) atoms. The van der Waals surface area contributed by atoms with Gasteiger partial charge in [-0.25, -0.2) is 24.1 Å². The van der Waals surface area contributed by atoms with Crippen LogP contribution in [0.3, 0.4) is 0 Å². The number of imidazole rings is 1. The largest absolute Gasteiger partial charge is 0.507 e. The van der Waals surface area contributed by atoms with E-state index >= 15 is 0 Å². The Morgan fingerprint density at radius 3 is 2.45 bits per heavy atom. The van der Waals surface area contributed by atoms with Crippen LogP contribution in [0.2, 0.25) is 0 Å². The summed E-state index contributed by atoms with van der Waals surface area (Å²) in [5, 5.41) is 12.7. The molecule has 18 nitrogen and oxygen atoms in total. The molecule has 0 unspecified atom stereocenters. The number of carbonyl (C=O) groups is 4. The Balaban J connectivity index is 1.50. The van der Waals surface area contributed by atoms with Gasteiger partial charge in [0.1, 0.15) is 24.4 Å². The van der Waals surface area contributed by atoms with Crippen LogP contribution in [0.25, 0.3) is 0 Å². The third kappa shape index (κ3) is 9.70. The van der Waals surface area contributed by atoms with Gasteiger partial charge in [0.25, 0.3) is 0 Å². The maximum atomic E-state index is 14.4. The Kier molecular flexibility index (Phi) is 14.4. The number of carbonyl (C=O) groups excluding carboxylic acids is 4. The monoisotopic (exact) mass is 767 g/mol. The minimum Gasteiger partial charge on any atom is -0.507 e. The van der Waals surface area contributed by atoms with E-state index in [1.807, 2.05) is 0 Å². The van der Waals surface area contributed by atoms with Gasteiger partial charge in [0, 0.05) is 72.2 Å². The molecule has 1 saturated heterocycles. The van der Waals surface area contributed by atoms with Crippen molar-refractivity contribution in [2.24, 2.45) is 0 Å². The Hall–Kier alpha value is -5.27. The number of esters is 1. The van der Waals surface area contributed by atoms with E-state index in [0.29, 0.717) is 63.0 Å². The number of morpholine rings is 1. The fraction of sp³-hybridized carbons (Fsp3) is 0.486. The molecular weight excluding hydrogens is 718 g/mol. The van der Waals surface area contributed by atoms with Crippen LogP contribution in [0.1, 0.15) is 50.9 Å². The summed E-state index contributed by atoms with van der Waals surface area (Å²) in [6, 6.07) is 5.39. The number of hydrazine groups is 2. The number of rotatable bonds is 19. The third-order valence-electron chi connectivity index (χ3n) is 9.28. The molecule has 3 N–H and O–H groups in total. The van der Waals surface area contributed by atoms with Crippen molar-refractivity contribution in [3.05, 3.63) is 58.5 Å². The lowest BCUT2D eigenvalue weighted by Gasteiger charge is -2.26. The highest BCUT2D eigenvalue weighted by atomic mass is 16.5. The van der Waals surface area contributed by atoms with E-state index in [4.69, 9.17) is 28.4 Å². The minimum atomic E-state index is -0.943. The predicted octanol–water partition coefficient (Wildman–Crippen LogP) is 2.12. The number of ketones is 1. The Morgan fingerprint density at radius 1 is 0.982 bits per heavy atom. The highest BCUT2D eigenvalue weighted by Gasteiger charge is 2.32. The third-order valence-corrected chi connectivity index (χ3v) is 9.28. The van der Waals surface area contributed by atoms with Gasteiger partial charge in [-0.3, -0.25) is 19.9 Å². The van der Waals surface area contributed by atoms with Gasteiger partial charge in [0.05, 0.1) is 38.9 Å². The lowest BCUT2D eigenvalue weighted by molar-refractivity contribution is -0.131. The fourth-order valence-corrected chi connectivity index (χ4v) is 6.33. The SMILES string of the molecule is CCc1c(OC(=O)c2ncn3c2NNN(C)C3=O)cc(O)c(C(=O)c2ccc(OCCN3CCOCC3)c(OC)c2)c1CC(=O)N(CCCOC)CCOC. The van der Waals surface area contributed by atoms with E-state index in [0.717, 1.165) is 22.7 Å². The molecule has 0 aliphatic carbocycles. The highest BCUT2D eigenvalue weighted by Crippen LogP contribution is 2.38. The standard InChI is InChI=1S/C37H49N7O11/c1-6-25-26(21-31(46)43(14-16-51-4)10-7-15-50-3)32(27(45)22-29(25)55-36(48)33-35-39-40-41(2)37(49)44(35)23-38-33)34(47)24-8-9-28(30(20-24)52-5)54-19-13-42-11-17-53-18-12-42/h8-9,20,22-23,39-40,45H,6-7,10-19,21H2,1-5H3. The van der Waals surface area contributed by atoms with Crippen molar-refractivity contribution in [2.45, 2.75) is 26.2 Å². The van der Waals surface area contributed by atoms with Gasteiger partial charge in [-0.1, -0.05) is 6.92 Å². The zero-order chi connectivity index (χ0) is 39.5. The number of aromatic hydroxyl groups is 1. The van der Waals surface area contributed by atoms with Crippen LogP contribution in [0.5, 0.6) is 23.0 Å².